The maximum atomic E-state index is 12.2. The molecule has 1 aliphatic rings. The van der Waals surface area contributed by atoms with Crippen molar-refractivity contribution in [2.24, 2.45) is 0 Å². The lowest BCUT2D eigenvalue weighted by Crippen LogP contribution is -2.37. The quantitative estimate of drug-likeness (QED) is 0.757. The summed E-state index contributed by atoms with van der Waals surface area (Å²) >= 11 is 0. The lowest BCUT2D eigenvalue weighted by molar-refractivity contribution is 0.0664. The van der Waals surface area contributed by atoms with Crippen LogP contribution in [0.15, 0.2) is 34.0 Å². The molecular formula is C20H27N3O4. The van der Waals surface area contributed by atoms with Crippen LogP contribution in [0.5, 0.6) is 5.75 Å². The monoisotopic (exact) mass is 373 g/mol. The van der Waals surface area contributed by atoms with Crippen molar-refractivity contribution in [3.63, 3.8) is 0 Å². The largest absolute Gasteiger partial charge is 0.507 e. The molecule has 0 saturated carbocycles. The number of phenols is 1. The van der Waals surface area contributed by atoms with E-state index >= 15 is 0 Å². The van der Waals surface area contributed by atoms with Crippen LogP contribution in [0.2, 0.25) is 0 Å². The third kappa shape index (κ3) is 4.31. The van der Waals surface area contributed by atoms with Gasteiger partial charge in [0.25, 0.3) is 5.56 Å². The Hall–Kier alpha value is -2.38. The van der Waals surface area contributed by atoms with Gasteiger partial charge in [-0.3, -0.25) is 19.2 Å². The highest BCUT2D eigenvalue weighted by Crippen LogP contribution is 2.36. The van der Waals surface area contributed by atoms with E-state index in [4.69, 9.17) is 0 Å². The average molecular weight is 373 g/mol. The molecule has 27 heavy (non-hydrogen) atoms. The Morgan fingerprint density at radius 2 is 2.00 bits per heavy atom. The van der Waals surface area contributed by atoms with E-state index in [0.29, 0.717) is 24.3 Å². The van der Waals surface area contributed by atoms with E-state index in [9.17, 15) is 19.8 Å². The Balaban J connectivity index is 2.09. The summed E-state index contributed by atoms with van der Waals surface area (Å²) in [5.74, 6) is 0.212. The molecule has 2 aromatic rings. The first-order chi connectivity index (χ1) is 12.6. The van der Waals surface area contributed by atoms with Crippen molar-refractivity contribution in [2.45, 2.75) is 51.7 Å². The summed E-state index contributed by atoms with van der Waals surface area (Å²) in [5, 5.41) is 20.8. The molecule has 0 amide bonds. The Bertz CT molecular complexity index is 939. The van der Waals surface area contributed by atoms with Gasteiger partial charge in [-0.1, -0.05) is 20.8 Å². The van der Waals surface area contributed by atoms with Gasteiger partial charge >= 0.3 is 5.69 Å². The number of nitrogens with one attached hydrogen (secondary N) is 1. The van der Waals surface area contributed by atoms with Crippen LogP contribution in [-0.2, 0) is 12.0 Å². The molecule has 1 aromatic heterocycles. The molecule has 3 rings (SSSR count). The summed E-state index contributed by atoms with van der Waals surface area (Å²) in [4.78, 5) is 28.0. The van der Waals surface area contributed by atoms with Gasteiger partial charge in [-0.05, 0) is 36.9 Å². The minimum Gasteiger partial charge on any atom is -0.507 e. The van der Waals surface area contributed by atoms with Crippen LogP contribution in [0.1, 0.15) is 44.7 Å². The predicted molar refractivity (Wildman–Crippen MR) is 104 cm³/mol. The van der Waals surface area contributed by atoms with Crippen LogP contribution in [-0.4, -0.2) is 43.9 Å². The molecule has 1 unspecified atom stereocenters. The predicted octanol–water partition coefficient (Wildman–Crippen LogP) is 1.49. The van der Waals surface area contributed by atoms with Crippen LogP contribution in [0.3, 0.4) is 0 Å². The normalized spacial score (nSPS) is 18.6. The lowest BCUT2D eigenvalue weighted by Gasteiger charge is -2.31. The lowest BCUT2D eigenvalue weighted by atomic mass is 9.84. The number of aromatic amines is 1. The van der Waals surface area contributed by atoms with Crippen molar-refractivity contribution < 1.29 is 10.2 Å². The van der Waals surface area contributed by atoms with Crippen LogP contribution in [0, 0.1) is 0 Å². The number of rotatable bonds is 3. The number of piperidine rings is 1. The fourth-order valence-corrected chi connectivity index (χ4v) is 3.55. The molecule has 7 nitrogen and oxygen atoms in total. The van der Waals surface area contributed by atoms with Crippen molar-refractivity contribution in [2.75, 3.05) is 13.1 Å². The molecule has 1 saturated heterocycles. The summed E-state index contributed by atoms with van der Waals surface area (Å²) < 4.78 is 1.37. The van der Waals surface area contributed by atoms with Gasteiger partial charge < -0.3 is 10.2 Å². The number of aromatic nitrogens is 2. The highest BCUT2D eigenvalue weighted by atomic mass is 16.3. The van der Waals surface area contributed by atoms with Gasteiger partial charge in [0.1, 0.15) is 5.75 Å². The van der Waals surface area contributed by atoms with E-state index in [1.165, 1.54) is 16.8 Å². The van der Waals surface area contributed by atoms with Gasteiger partial charge in [-0.2, -0.15) is 0 Å². The average Bonchev–Trinajstić information content (AvgIpc) is 2.56. The molecule has 7 heteroatoms. The van der Waals surface area contributed by atoms with E-state index in [1.807, 2.05) is 20.8 Å². The number of β-amino-alcohol motifs (C(OH)–C–C–N with tert-alkyl or cyclic N) is 1. The van der Waals surface area contributed by atoms with Gasteiger partial charge in [-0.15, -0.1) is 0 Å². The van der Waals surface area contributed by atoms with Gasteiger partial charge in [0.15, 0.2) is 0 Å². The van der Waals surface area contributed by atoms with Gasteiger partial charge in [0, 0.05) is 36.5 Å². The molecular weight excluding hydrogens is 346 g/mol. The molecule has 1 atom stereocenters. The van der Waals surface area contributed by atoms with Crippen LogP contribution >= 0.6 is 0 Å². The van der Waals surface area contributed by atoms with Gasteiger partial charge in [0.2, 0.25) is 0 Å². The number of aliphatic hydroxyl groups is 1. The topological polar surface area (TPSA) is 98.6 Å². The summed E-state index contributed by atoms with van der Waals surface area (Å²) in [5.41, 5.74) is 0.713. The van der Waals surface area contributed by atoms with Crippen LogP contribution in [0.25, 0.3) is 5.69 Å². The molecule has 2 heterocycles. The minimum absolute atomic E-state index is 0.212. The second-order valence-electron chi connectivity index (χ2n) is 8.26. The Morgan fingerprint density at radius 3 is 2.63 bits per heavy atom. The SMILES string of the molecule is CC(C)(C)c1cc(-n2ccc(=O)[nH]c2=O)cc(CN2CCCC(O)C2)c1O. The molecule has 0 radical (unpaired) electrons. The molecule has 1 aromatic carbocycles. The van der Waals surface area contributed by atoms with Crippen LogP contribution < -0.4 is 11.2 Å². The minimum atomic E-state index is -0.521. The first-order valence-corrected chi connectivity index (χ1v) is 9.24. The third-order valence-corrected chi connectivity index (χ3v) is 4.96. The molecule has 0 aliphatic carbocycles. The second kappa shape index (κ2) is 7.32. The number of benzene rings is 1. The fraction of sp³-hybridized carbons (Fsp3) is 0.500. The standard InChI is InChI=1S/C20H27N3O4/c1-20(2,3)16-10-14(23-8-6-17(25)21-19(23)27)9-13(18(16)26)11-22-7-4-5-15(24)12-22/h6,8-10,15,24,26H,4-5,7,11-12H2,1-3H3,(H,21,25,27). The number of likely N-dealkylation sites (tertiary alicyclic amines) is 1. The molecule has 1 fully saturated rings. The van der Waals surface area contributed by atoms with Crippen LogP contribution in [0.4, 0.5) is 0 Å². The van der Waals surface area contributed by atoms with E-state index in [1.54, 1.807) is 12.1 Å². The Morgan fingerprint density at radius 1 is 1.26 bits per heavy atom. The van der Waals surface area contributed by atoms with E-state index < -0.39 is 11.2 Å². The summed E-state index contributed by atoms with van der Waals surface area (Å²) in [7, 11) is 0. The number of nitrogens with zero attached hydrogens (tertiary/aromatic N) is 2. The zero-order valence-corrected chi connectivity index (χ0v) is 16.0. The van der Waals surface area contributed by atoms with Crippen molar-refractivity contribution in [1.82, 2.24) is 14.5 Å². The number of phenolic OH excluding ortho intramolecular Hbond substituents is 1. The number of aromatic hydroxyl groups is 1. The second-order valence-corrected chi connectivity index (χ2v) is 8.26. The van der Waals surface area contributed by atoms with Gasteiger partial charge in [0.05, 0.1) is 11.8 Å². The van der Waals surface area contributed by atoms with Crippen molar-refractivity contribution in [3.8, 4) is 11.4 Å². The number of aliphatic hydroxyl groups excluding tert-OH is 1. The maximum Gasteiger partial charge on any atom is 0.332 e. The summed E-state index contributed by atoms with van der Waals surface area (Å²) in [6.07, 6.45) is 2.79. The fourth-order valence-electron chi connectivity index (χ4n) is 3.55. The van der Waals surface area contributed by atoms with E-state index in [2.05, 4.69) is 9.88 Å². The molecule has 3 N–H and O–H groups in total. The zero-order valence-electron chi connectivity index (χ0n) is 16.0. The zero-order chi connectivity index (χ0) is 19.8. The smallest absolute Gasteiger partial charge is 0.332 e. The first kappa shape index (κ1) is 19.4. The Kier molecular flexibility index (Phi) is 5.26. The van der Waals surface area contributed by atoms with Crippen molar-refractivity contribution >= 4 is 0 Å². The number of hydrogen-bond donors (Lipinski definition) is 3. The molecule has 146 valence electrons. The highest BCUT2D eigenvalue weighted by molar-refractivity contribution is 5.52. The van der Waals surface area contributed by atoms with Crippen molar-refractivity contribution in [1.29, 1.82) is 0 Å². The molecule has 1 aliphatic heterocycles. The maximum absolute atomic E-state index is 12.2. The van der Waals surface area contributed by atoms with E-state index in [0.717, 1.165) is 24.9 Å². The Labute approximate surface area is 157 Å². The molecule has 0 bridgehead atoms. The summed E-state index contributed by atoms with van der Waals surface area (Å²) in [6, 6.07) is 4.85. The van der Waals surface area contributed by atoms with Crippen molar-refractivity contribution in [3.05, 3.63) is 56.4 Å². The number of H-pyrrole nitrogens is 1. The third-order valence-electron chi connectivity index (χ3n) is 4.96. The van der Waals surface area contributed by atoms with Gasteiger partial charge in [-0.25, -0.2) is 4.79 Å². The summed E-state index contributed by atoms with van der Waals surface area (Å²) in [6.45, 7) is 7.89. The van der Waals surface area contributed by atoms with E-state index in [-0.39, 0.29) is 17.3 Å². The first-order valence-electron chi connectivity index (χ1n) is 9.24. The molecule has 0 spiro atoms. The highest BCUT2D eigenvalue weighted by Gasteiger charge is 2.24. The number of hydrogen-bond acceptors (Lipinski definition) is 5.